The molecule has 0 unspecified atom stereocenters. The Balaban J connectivity index is 1.28. The van der Waals surface area contributed by atoms with E-state index in [4.69, 9.17) is 55.9 Å². The zero-order valence-electron chi connectivity index (χ0n) is 28.2. The number of rotatable bonds is 20. The van der Waals surface area contributed by atoms with Gasteiger partial charge in [0.1, 0.15) is 30.8 Å². The average Bonchev–Trinajstić information content (AvgIpc) is 3.59. The normalized spacial score (nSPS) is 20.3. The van der Waals surface area contributed by atoms with Crippen molar-refractivity contribution in [3.8, 4) is 12.3 Å². The van der Waals surface area contributed by atoms with Crippen LogP contribution in [0, 0.1) is 18.3 Å². The van der Waals surface area contributed by atoms with Gasteiger partial charge in [0.2, 0.25) is 11.2 Å². The molecule has 2 aliphatic heterocycles. The fourth-order valence-corrected chi connectivity index (χ4v) is 5.51. The van der Waals surface area contributed by atoms with E-state index in [0.717, 1.165) is 0 Å². The molecule has 0 radical (unpaired) electrons. The van der Waals surface area contributed by atoms with Crippen LogP contribution in [0.2, 0.25) is 5.28 Å². The van der Waals surface area contributed by atoms with Crippen molar-refractivity contribution in [3.05, 3.63) is 17.5 Å². The van der Waals surface area contributed by atoms with Crippen molar-refractivity contribution >= 4 is 52.3 Å². The van der Waals surface area contributed by atoms with Gasteiger partial charge in [-0.15, -0.1) is 6.42 Å². The number of ether oxygens (including phenoxy) is 8. The van der Waals surface area contributed by atoms with Crippen LogP contribution in [-0.4, -0.2) is 136 Å². The molecule has 0 saturated carbocycles. The van der Waals surface area contributed by atoms with Gasteiger partial charge in [0.25, 0.3) is 0 Å². The molecule has 4 rings (SSSR count). The number of carbonyl (C=O) groups excluding carboxylic acids is 4. The summed E-state index contributed by atoms with van der Waals surface area (Å²) in [6, 6.07) is 1.74. The molecule has 4 atom stereocenters. The number of esters is 3. The highest BCUT2D eigenvalue weighted by atomic mass is 35.5. The highest BCUT2D eigenvalue weighted by Gasteiger charge is 2.51. The third kappa shape index (κ3) is 11.0. The predicted octanol–water partition coefficient (Wildman–Crippen LogP) is 0.661. The Kier molecular flexibility index (Phi) is 15.0. The molecule has 0 spiro atoms. The SMILES string of the molecule is C#CCOCCOCCOCCOCCNC(=O)C1CN(c2nc(Cl)nc3c2ccn3[C@@H]2O[C@H](COC(C)=O)[C@@H](OC(C)=O)[C@H]2OC(C)=O)C1. The number of hydrogen-bond donors (Lipinski definition) is 1. The van der Waals surface area contributed by atoms with Crippen LogP contribution >= 0.6 is 11.6 Å². The summed E-state index contributed by atoms with van der Waals surface area (Å²) in [6.07, 6.45) is 2.60. The average molecular weight is 724 g/mol. The number of hydrogen-bond acceptors (Lipinski definition) is 15. The Labute approximate surface area is 294 Å². The zero-order chi connectivity index (χ0) is 36.0. The monoisotopic (exact) mass is 723 g/mol. The number of halogens is 1. The minimum absolute atomic E-state index is 0.0604. The summed E-state index contributed by atoms with van der Waals surface area (Å²) in [7, 11) is 0. The summed E-state index contributed by atoms with van der Waals surface area (Å²) < 4.78 is 45.3. The van der Waals surface area contributed by atoms with Crippen LogP contribution in [0.1, 0.15) is 27.0 Å². The molecule has 1 amide bonds. The molecule has 2 aromatic rings. The molecule has 0 aliphatic carbocycles. The first-order valence-electron chi connectivity index (χ1n) is 16.0. The first-order valence-corrected chi connectivity index (χ1v) is 16.4. The Hall–Kier alpha value is -4.05. The molecule has 18 heteroatoms. The van der Waals surface area contributed by atoms with E-state index < -0.39 is 42.4 Å². The summed E-state index contributed by atoms with van der Waals surface area (Å²) in [5.41, 5.74) is 0.351. The van der Waals surface area contributed by atoms with Gasteiger partial charge < -0.3 is 52.7 Å². The van der Waals surface area contributed by atoms with Crippen molar-refractivity contribution in [2.75, 3.05) is 84.0 Å². The number of amides is 1. The van der Waals surface area contributed by atoms with Crippen LogP contribution in [0.25, 0.3) is 11.0 Å². The number of terminal acetylenes is 1. The van der Waals surface area contributed by atoms with E-state index in [1.807, 2.05) is 4.90 Å². The molecule has 2 aromatic heterocycles. The second kappa shape index (κ2) is 19.4. The maximum absolute atomic E-state index is 12.7. The number of nitrogens with one attached hydrogen (secondary N) is 1. The molecule has 0 bridgehead atoms. The molecule has 17 nitrogen and oxygen atoms in total. The summed E-state index contributed by atoms with van der Waals surface area (Å²) in [6.45, 7) is 7.67. The Bertz CT molecular complexity index is 1510. The lowest BCUT2D eigenvalue weighted by atomic mass is 9.99. The molecular weight excluding hydrogens is 682 g/mol. The standard InChI is InChI=1S/C32H42ClN5O12/c1-5-9-43-11-13-45-15-16-46-14-12-44-10-7-34-30(42)23-17-37(18-23)28-24-6-8-38(29(24)36-32(33)35-28)31-27(49-22(4)41)26(48-21(3)40)25(50-31)19-47-20(2)39/h1,6,8,23,25-27,31H,7,9-19H2,2-4H3,(H,34,42)/t25-,26-,27-,31-/m1/s1. The van der Waals surface area contributed by atoms with Gasteiger partial charge in [-0.2, -0.15) is 9.97 Å². The van der Waals surface area contributed by atoms with E-state index in [2.05, 4.69) is 21.2 Å². The van der Waals surface area contributed by atoms with Gasteiger partial charge in [-0.05, 0) is 17.7 Å². The molecule has 1 N–H and O–H groups in total. The maximum atomic E-state index is 12.7. The lowest BCUT2D eigenvalue weighted by Crippen LogP contribution is -2.54. The van der Waals surface area contributed by atoms with E-state index in [1.165, 1.54) is 20.8 Å². The quantitative estimate of drug-likeness (QED) is 0.0659. The van der Waals surface area contributed by atoms with Crippen molar-refractivity contribution in [1.29, 1.82) is 0 Å². The minimum Gasteiger partial charge on any atom is -0.463 e. The fourth-order valence-electron chi connectivity index (χ4n) is 5.35. The lowest BCUT2D eigenvalue weighted by Gasteiger charge is -2.39. The Morgan fingerprint density at radius 3 is 2.16 bits per heavy atom. The number of aromatic nitrogens is 3. The third-order valence-corrected chi connectivity index (χ3v) is 7.71. The van der Waals surface area contributed by atoms with Gasteiger partial charge in [-0.25, -0.2) is 0 Å². The van der Waals surface area contributed by atoms with E-state index >= 15 is 0 Å². The van der Waals surface area contributed by atoms with Crippen LogP contribution in [0.4, 0.5) is 5.82 Å². The topological polar surface area (TPSA) is 188 Å². The number of carbonyl (C=O) groups is 4. The molecule has 274 valence electrons. The van der Waals surface area contributed by atoms with Gasteiger partial charge in [0.05, 0.1) is 57.6 Å². The molecule has 2 aliphatic rings. The highest BCUT2D eigenvalue weighted by Crippen LogP contribution is 2.38. The van der Waals surface area contributed by atoms with Crippen LogP contribution in [0.15, 0.2) is 12.3 Å². The van der Waals surface area contributed by atoms with E-state index in [0.29, 0.717) is 82.7 Å². The molecular formula is C32H42ClN5O12. The number of anilines is 1. The predicted molar refractivity (Wildman–Crippen MR) is 175 cm³/mol. The Morgan fingerprint density at radius 2 is 1.54 bits per heavy atom. The van der Waals surface area contributed by atoms with Crippen molar-refractivity contribution in [3.63, 3.8) is 0 Å². The third-order valence-electron chi connectivity index (χ3n) is 7.54. The van der Waals surface area contributed by atoms with Gasteiger partial charge in [0.15, 0.2) is 18.4 Å². The summed E-state index contributed by atoms with van der Waals surface area (Å²) >= 11 is 6.35. The molecule has 2 saturated heterocycles. The largest absolute Gasteiger partial charge is 0.463 e. The van der Waals surface area contributed by atoms with Crippen molar-refractivity contribution in [2.45, 2.75) is 45.3 Å². The number of nitrogens with zero attached hydrogens (tertiary/aromatic N) is 4. The van der Waals surface area contributed by atoms with Crippen molar-refractivity contribution in [2.24, 2.45) is 5.92 Å². The second-order valence-electron chi connectivity index (χ2n) is 11.3. The zero-order valence-corrected chi connectivity index (χ0v) is 28.9. The van der Waals surface area contributed by atoms with E-state index in [9.17, 15) is 19.2 Å². The summed E-state index contributed by atoms with van der Waals surface area (Å²) in [5.74, 6) is 0.654. The van der Waals surface area contributed by atoms with Crippen LogP contribution in [0.3, 0.4) is 0 Å². The van der Waals surface area contributed by atoms with Crippen LogP contribution in [-0.2, 0) is 57.1 Å². The molecule has 4 heterocycles. The first kappa shape index (κ1) is 38.7. The second-order valence-corrected chi connectivity index (χ2v) is 11.6. The van der Waals surface area contributed by atoms with Gasteiger partial charge in [0, 0.05) is 46.6 Å². The van der Waals surface area contributed by atoms with Gasteiger partial charge >= 0.3 is 17.9 Å². The first-order chi connectivity index (χ1) is 24.1. The van der Waals surface area contributed by atoms with Gasteiger partial charge in [-0.3, -0.25) is 19.2 Å². The van der Waals surface area contributed by atoms with Crippen molar-refractivity contribution < 1.29 is 57.1 Å². The van der Waals surface area contributed by atoms with Crippen LogP contribution < -0.4 is 10.2 Å². The molecule has 0 aromatic carbocycles. The van der Waals surface area contributed by atoms with Crippen LogP contribution in [0.5, 0.6) is 0 Å². The Morgan fingerprint density at radius 1 is 0.920 bits per heavy atom. The van der Waals surface area contributed by atoms with Gasteiger partial charge in [-0.1, -0.05) is 5.92 Å². The van der Waals surface area contributed by atoms with E-state index in [-0.39, 0.29) is 30.3 Å². The smallest absolute Gasteiger partial charge is 0.303 e. The summed E-state index contributed by atoms with van der Waals surface area (Å²) in [5, 5.41) is 3.42. The highest BCUT2D eigenvalue weighted by molar-refractivity contribution is 6.28. The minimum atomic E-state index is -1.10. The molecule has 50 heavy (non-hydrogen) atoms. The van der Waals surface area contributed by atoms with Crippen molar-refractivity contribution in [1.82, 2.24) is 19.9 Å². The lowest BCUT2D eigenvalue weighted by molar-refractivity contribution is -0.166. The maximum Gasteiger partial charge on any atom is 0.303 e. The summed E-state index contributed by atoms with van der Waals surface area (Å²) in [4.78, 5) is 59.0. The fraction of sp³-hybridized carbons (Fsp3) is 0.625. The molecule has 2 fully saturated rings. The number of fused-ring (bicyclic) bond motifs is 1. The van der Waals surface area contributed by atoms with E-state index in [1.54, 1.807) is 16.8 Å².